The van der Waals surface area contributed by atoms with Crippen LogP contribution in [0.2, 0.25) is 5.02 Å². The van der Waals surface area contributed by atoms with Gasteiger partial charge in [0.05, 0.1) is 5.69 Å². The molecule has 1 N–H and O–H groups in total. The minimum atomic E-state index is 0.603. The number of halogens is 2. The Morgan fingerprint density at radius 1 is 1.25 bits per heavy atom. The molecule has 0 heterocycles. The molecule has 0 radical (unpaired) electrons. The van der Waals surface area contributed by atoms with Crippen LogP contribution in [0.4, 0.5) is 5.69 Å². The molecule has 0 aromatic heterocycles. The first kappa shape index (κ1) is 12.3. The number of hydrogen-bond donors (Lipinski definition) is 1. The second kappa shape index (κ2) is 5.42. The summed E-state index contributed by atoms with van der Waals surface area (Å²) in [6, 6.07) is 6.49. The number of anilines is 1. The second-order valence-electron chi connectivity index (χ2n) is 4.73. The summed E-state index contributed by atoms with van der Waals surface area (Å²) in [6.45, 7) is 2.34. The van der Waals surface area contributed by atoms with Crippen molar-refractivity contribution in [2.75, 3.05) is 5.32 Å². The molecule has 88 valence electrons. The summed E-state index contributed by atoms with van der Waals surface area (Å²) >= 11 is 9.54. The van der Waals surface area contributed by atoms with Crippen LogP contribution in [-0.2, 0) is 0 Å². The Balaban J connectivity index is 2.00. The summed E-state index contributed by atoms with van der Waals surface area (Å²) in [5.41, 5.74) is 1.12. The van der Waals surface area contributed by atoms with Gasteiger partial charge in [0.1, 0.15) is 0 Å². The zero-order chi connectivity index (χ0) is 11.5. The van der Waals surface area contributed by atoms with Gasteiger partial charge < -0.3 is 5.32 Å². The molecule has 0 spiro atoms. The summed E-state index contributed by atoms with van der Waals surface area (Å²) in [5.74, 6) is 0.890. The van der Waals surface area contributed by atoms with E-state index in [-0.39, 0.29) is 0 Å². The molecule has 0 atom stereocenters. The van der Waals surface area contributed by atoms with Crippen LogP contribution in [0, 0.1) is 5.92 Å². The van der Waals surface area contributed by atoms with Crippen molar-refractivity contribution >= 4 is 33.2 Å². The zero-order valence-corrected chi connectivity index (χ0v) is 11.8. The smallest absolute Gasteiger partial charge is 0.0501 e. The standard InChI is InChI=1S/C13H17BrClN/c1-9-2-5-11(6-3-9)16-13-8-10(15)4-7-12(13)14/h4,7-9,11,16H,2-3,5-6H2,1H3. The zero-order valence-electron chi connectivity index (χ0n) is 9.47. The van der Waals surface area contributed by atoms with Crippen LogP contribution in [0.15, 0.2) is 22.7 Å². The van der Waals surface area contributed by atoms with Gasteiger partial charge in [0, 0.05) is 15.5 Å². The Labute approximate surface area is 111 Å². The van der Waals surface area contributed by atoms with E-state index in [2.05, 4.69) is 28.2 Å². The molecule has 0 aliphatic heterocycles. The van der Waals surface area contributed by atoms with Gasteiger partial charge in [-0.3, -0.25) is 0 Å². The van der Waals surface area contributed by atoms with Gasteiger partial charge in [-0.15, -0.1) is 0 Å². The van der Waals surface area contributed by atoms with Crippen LogP contribution in [-0.4, -0.2) is 6.04 Å². The number of hydrogen-bond acceptors (Lipinski definition) is 1. The van der Waals surface area contributed by atoms with Crippen LogP contribution in [0.5, 0.6) is 0 Å². The SMILES string of the molecule is CC1CCC(Nc2cc(Cl)ccc2Br)CC1. The lowest BCUT2D eigenvalue weighted by molar-refractivity contribution is 0.361. The Kier molecular flexibility index (Phi) is 4.15. The lowest BCUT2D eigenvalue weighted by atomic mass is 9.87. The Morgan fingerprint density at radius 3 is 2.62 bits per heavy atom. The first-order chi connectivity index (χ1) is 7.65. The molecule has 0 bridgehead atoms. The van der Waals surface area contributed by atoms with Crippen LogP contribution >= 0.6 is 27.5 Å². The highest BCUT2D eigenvalue weighted by atomic mass is 79.9. The first-order valence-electron chi connectivity index (χ1n) is 5.87. The number of benzene rings is 1. The van der Waals surface area contributed by atoms with Gasteiger partial charge in [0.2, 0.25) is 0 Å². The molecule has 1 aromatic rings. The van der Waals surface area contributed by atoms with Crippen LogP contribution < -0.4 is 5.32 Å². The van der Waals surface area contributed by atoms with Crippen LogP contribution in [0.25, 0.3) is 0 Å². The molecule has 1 aliphatic carbocycles. The van der Waals surface area contributed by atoms with E-state index in [1.165, 1.54) is 25.7 Å². The monoisotopic (exact) mass is 301 g/mol. The molecule has 0 amide bonds. The minimum absolute atomic E-state index is 0.603. The van der Waals surface area contributed by atoms with Crippen molar-refractivity contribution in [1.82, 2.24) is 0 Å². The summed E-state index contributed by atoms with van der Waals surface area (Å²) in [7, 11) is 0. The van der Waals surface area contributed by atoms with Gasteiger partial charge in [-0.25, -0.2) is 0 Å². The summed E-state index contributed by atoms with van der Waals surface area (Å²) < 4.78 is 1.09. The van der Waals surface area contributed by atoms with Crippen LogP contribution in [0.3, 0.4) is 0 Å². The summed E-state index contributed by atoms with van der Waals surface area (Å²) in [6.07, 6.45) is 5.19. The van der Waals surface area contributed by atoms with E-state index in [0.717, 1.165) is 21.1 Å². The van der Waals surface area contributed by atoms with Crippen molar-refractivity contribution in [2.45, 2.75) is 38.6 Å². The van der Waals surface area contributed by atoms with E-state index in [4.69, 9.17) is 11.6 Å². The molecule has 1 fully saturated rings. The third kappa shape index (κ3) is 3.14. The molecule has 16 heavy (non-hydrogen) atoms. The second-order valence-corrected chi connectivity index (χ2v) is 6.02. The van der Waals surface area contributed by atoms with E-state index in [1.807, 2.05) is 18.2 Å². The van der Waals surface area contributed by atoms with E-state index >= 15 is 0 Å². The predicted molar refractivity (Wildman–Crippen MR) is 74.2 cm³/mol. The van der Waals surface area contributed by atoms with Gasteiger partial charge in [0.25, 0.3) is 0 Å². The molecule has 1 aliphatic rings. The van der Waals surface area contributed by atoms with Crippen molar-refractivity contribution in [2.24, 2.45) is 5.92 Å². The molecule has 1 aromatic carbocycles. The van der Waals surface area contributed by atoms with Gasteiger partial charge in [-0.1, -0.05) is 18.5 Å². The number of rotatable bonds is 2. The molecule has 2 rings (SSSR count). The minimum Gasteiger partial charge on any atom is -0.381 e. The lowest BCUT2D eigenvalue weighted by Crippen LogP contribution is -2.25. The third-order valence-electron chi connectivity index (χ3n) is 3.30. The predicted octanol–water partition coefficient (Wildman–Crippen LogP) is 5.09. The molecule has 1 saturated carbocycles. The maximum absolute atomic E-state index is 6.00. The fourth-order valence-corrected chi connectivity index (χ4v) is 2.77. The van der Waals surface area contributed by atoms with Crippen molar-refractivity contribution in [3.8, 4) is 0 Å². The Bertz CT molecular complexity index is 359. The van der Waals surface area contributed by atoms with Gasteiger partial charge in [0.15, 0.2) is 0 Å². The van der Waals surface area contributed by atoms with E-state index in [9.17, 15) is 0 Å². The van der Waals surface area contributed by atoms with Crippen molar-refractivity contribution in [1.29, 1.82) is 0 Å². The van der Waals surface area contributed by atoms with Crippen molar-refractivity contribution in [3.05, 3.63) is 27.7 Å². The largest absolute Gasteiger partial charge is 0.381 e. The fourth-order valence-electron chi connectivity index (χ4n) is 2.23. The first-order valence-corrected chi connectivity index (χ1v) is 7.04. The fraction of sp³-hybridized carbons (Fsp3) is 0.538. The topological polar surface area (TPSA) is 12.0 Å². The van der Waals surface area contributed by atoms with Gasteiger partial charge >= 0.3 is 0 Å². The average molecular weight is 303 g/mol. The molecule has 1 nitrogen and oxygen atoms in total. The molecule has 3 heteroatoms. The van der Waals surface area contributed by atoms with Crippen LogP contribution in [0.1, 0.15) is 32.6 Å². The molecular weight excluding hydrogens is 286 g/mol. The summed E-state index contributed by atoms with van der Waals surface area (Å²) in [4.78, 5) is 0. The van der Waals surface area contributed by atoms with E-state index in [0.29, 0.717) is 6.04 Å². The van der Waals surface area contributed by atoms with E-state index < -0.39 is 0 Å². The normalized spacial score (nSPS) is 25.4. The Morgan fingerprint density at radius 2 is 1.94 bits per heavy atom. The highest BCUT2D eigenvalue weighted by Gasteiger charge is 2.18. The van der Waals surface area contributed by atoms with Gasteiger partial charge in [-0.05, 0) is 65.7 Å². The average Bonchev–Trinajstić information content (AvgIpc) is 2.27. The quantitative estimate of drug-likeness (QED) is 0.802. The van der Waals surface area contributed by atoms with Crippen molar-refractivity contribution in [3.63, 3.8) is 0 Å². The highest BCUT2D eigenvalue weighted by molar-refractivity contribution is 9.10. The van der Waals surface area contributed by atoms with Gasteiger partial charge in [-0.2, -0.15) is 0 Å². The Hall–Kier alpha value is -0.210. The molecule has 0 unspecified atom stereocenters. The third-order valence-corrected chi connectivity index (χ3v) is 4.23. The molecular formula is C13H17BrClN. The van der Waals surface area contributed by atoms with E-state index in [1.54, 1.807) is 0 Å². The number of nitrogens with one attached hydrogen (secondary N) is 1. The molecule has 0 saturated heterocycles. The maximum Gasteiger partial charge on any atom is 0.0501 e. The summed E-state index contributed by atoms with van der Waals surface area (Å²) in [5, 5.41) is 4.37. The lowest BCUT2D eigenvalue weighted by Gasteiger charge is -2.28. The van der Waals surface area contributed by atoms with Crippen molar-refractivity contribution < 1.29 is 0 Å². The maximum atomic E-state index is 6.00. The highest BCUT2D eigenvalue weighted by Crippen LogP contribution is 2.30.